The molecule has 0 atom stereocenters. The molecular formula is C12H18O2. The molecule has 1 N–H and O–H groups in total. The molecule has 0 spiro atoms. The van der Waals surface area contributed by atoms with E-state index in [9.17, 15) is 4.79 Å². The molecule has 0 aliphatic heterocycles. The number of carboxylic acid groups (broad SMARTS) is 1. The lowest BCUT2D eigenvalue weighted by atomic mass is 9.98. The number of aliphatic carboxylic acids is 1. The van der Waals surface area contributed by atoms with Gasteiger partial charge in [-0.3, -0.25) is 4.79 Å². The van der Waals surface area contributed by atoms with Crippen LogP contribution < -0.4 is 0 Å². The van der Waals surface area contributed by atoms with Crippen molar-refractivity contribution >= 4 is 5.97 Å². The normalized spacial score (nSPS) is 24.1. The van der Waals surface area contributed by atoms with Gasteiger partial charge >= 0.3 is 5.97 Å². The lowest BCUT2D eigenvalue weighted by Gasteiger charge is -2.08. The Morgan fingerprint density at radius 2 is 1.36 bits per heavy atom. The molecule has 0 aromatic rings. The van der Waals surface area contributed by atoms with E-state index in [0.29, 0.717) is 0 Å². The fourth-order valence-electron chi connectivity index (χ4n) is 1.65. The second-order valence-corrected chi connectivity index (χ2v) is 3.71. The zero-order valence-electron chi connectivity index (χ0n) is 8.48. The van der Waals surface area contributed by atoms with Gasteiger partial charge in [0, 0.05) is 0 Å². The summed E-state index contributed by atoms with van der Waals surface area (Å²) in [6.45, 7) is 0. The van der Waals surface area contributed by atoms with Crippen LogP contribution >= 0.6 is 0 Å². The Labute approximate surface area is 85.3 Å². The fraction of sp³-hybridized carbons (Fsp3) is 0.583. The molecule has 0 unspecified atom stereocenters. The van der Waals surface area contributed by atoms with Crippen molar-refractivity contribution in [3.63, 3.8) is 0 Å². The largest absolute Gasteiger partial charge is 0.481 e. The standard InChI is InChI=1S/C12H18O2/c13-12(14)11-9-7-5-3-1-2-4-6-8-10-11/h3-6,11H,1-2,7-10H2,(H,13,14). The Morgan fingerprint density at radius 3 is 1.79 bits per heavy atom. The van der Waals surface area contributed by atoms with Crippen LogP contribution in [0.15, 0.2) is 24.3 Å². The summed E-state index contributed by atoms with van der Waals surface area (Å²) >= 11 is 0. The monoisotopic (exact) mass is 194 g/mol. The molecule has 1 aliphatic carbocycles. The predicted octanol–water partition coefficient (Wildman–Crippen LogP) is 3.15. The molecule has 0 amide bonds. The van der Waals surface area contributed by atoms with Gasteiger partial charge in [-0.2, -0.15) is 0 Å². The van der Waals surface area contributed by atoms with Crippen molar-refractivity contribution in [2.75, 3.05) is 0 Å². The lowest BCUT2D eigenvalue weighted by molar-refractivity contribution is -0.142. The first-order valence-electron chi connectivity index (χ1n) is 5.33. The molecule has 1 rings (SSSR count). The summed E-state index contributed by atoms with van der Waals surface area (Å²) in [4.78, 5) is 10.9. The third-order valence-electron chi connectivity index (χ3n) is 2.55. The van der Waals surface area contributed by atoms with Crippen LogP contribution in [0.25, 0.3) is 0 Å². The second kappa shape index (κ2) is 6.41. The van der Waals surface area contributed by atoms with Crippen LogP contribution in [0.5, 0.6) is 0 Å². The molecule has 0 aromatic carbocycles. The average molecular weight is 194 g/mol. The van der Waals surface area contributed by atoms with Gasteiger partial charge in [-0.05, 0) is 38.5 Å². The van der Waals surface area contributed by atoms with Gasteiger partial charge in [0.15, 0.2) is 0 Å². The molecular weight excluding hydrogens is 176 g/mol. The van der Waals surface area contributed by atoms with Crippen LogP contribution in [-0.2, 0) is 4.79 Å². The van der Waals surface area contributed by atoms with Gasteiger partial charge in [0.25, 0.3) is 0 Å². The smallest absolute Gasteiger partial charge is 0.306 e. The van der Waals surface area contributed by atoms with Crippen molar-refractivity contribution < 1.29 is 9.90 Å². The van der Waals surface area contributed by atoms with Crippen LogP contribution in [0.3, 0.4) is 0 Å². The van der Waals surface area contributed by atoms with E-state index >= 15 is 0 Å². The molecule has 0 saturated heterocycles. The summed E-state index contributed by atoms with van der Waals surface area (Å²) in [5.74, 6) is -0.812. The highest BCUT2D eigenvalue weighted by molar-refractivity contribution is 5.69. The van der Waals surface area contributed by atoms with Crippen LogP contribution in [0.1, 0.15) is 38.5 Å². The van der Waals surface area contributed by atoms with Crippen LogP contribution in [0, 0.1) is 5.92 Å². The lowest BCUT2D eigenvalue weighted by Crippen LogP contribution is -2.12. The van der Waals surface area contributed by atoms with E-state index in [0.717, 1.165) is 38.5 Å². The maximum atomic E-state index is 10.9. The first kappa shape index (κ1) is 11.0. The van der Waals surface area contributed by atoms with Crippen molar-refractivity contribution in [3.8, 4) is 0 Å². The predicted molar refractivity (Wildman–Crippen MR) is 57.1 cm³/mol. The van der Waals surface area contributed by atoms with Crippen LogP contribution in [0.2, 0.25) is 0 Å². The molecule has 0 saturated carbocycles. The molecule has 0 fully saturated rings. The van der Waals surface area contributed by atoms with E-state index in [1.165, 1.54) is 0 Å². The fourth-order valence-corrected chi connectivity index (χ4v) is 1.65. The first-order valence-corrected chi connectivity index (χ1v) is 5.33. The summed E-state index contributed by atoms with van der Waals surface area (Å²) in [7, 11) is 0. The Bertz CT molecular complexity index is 210. The minimum Gasteiger partial charge on any atom is -0.481 e. The average Bonchev–Trinajstić information content (AvgIpc) is 2.21. The third-order valence-corrected chi connectivity index (χ3v) is 2.55. The molecule has 0 radical (unpaired) electrons. The van der Waals surface area contributed by atoms with E-state index in [1.54, 1.807) is 0 Å². The minimum absolute atomic E-state index is 0.164. The van der Waals surface area contributed by atoms with E-state index in [1.807, 2.05) is 0 Å². The number of carbonyl (C=O) groups is 1. The van der Waals surface area contributed by atoms with Crippen molar-refractivity contribution in [1.82, 2.24) is 0 Å². The summed E-state index contributed by atoms with van der Waals surface area (Å²) < 4.78 is 0. The van der Waals surface area contributed by atoms with Gasteiger partial charge in [-0.1, -0.05) is 24.3 Å². The molecule has 0 heterocycles. The van der Waals surface area contributed by atoms with Crippen molar-refractivity contribution in [3.05, 3.63) is 24.3 Å². The quantitative estimate of drug-likeness (QED) is 0.651. The van der Waals surface area contributed by atoms with E-state index in [2.05, 4.69) is 24.3 Å². The SMILES string of the molecule is O=C(O)C1CCC=CCCC=CCC1. The Hall–Kier alpha value is -1.05. The summed E-state index contributed by atoms with van der Waals surface area (Å²) in [6, 6.07) is 0. The molecule has 2 heteroatoms. The molecule has 0 bridgehead atoms. The van der Waals surface area contributed by atoms with Gasteiger partial charge in [0.05, 0.1) is 5.92 Å². The number of hydrogen-bond donors (Lipinski definition) is 1. The van der Waals surface area contributed by atoms with Gasteiger partial charge < -0.3 is 5.11 Å². The van der Waals surface area contributed by atoms with Crippen molar-refractivity contribution in [2.24, 2.45) is 5.92 Å². The zero-order chi connectivity index (χ0) is 10.2. The highest BCUT2D eigenvalue weighted by Gasteiger charge is 2.15. The number of carboxylic acids is 1. The third kappa shape index (κ3) is 4.26. The van der Waals surface area contributed by atoms with Crippen LogP contribution in [-0.4, -0.2) is 11.1 Å². The number of allylic oxidation sites excluding steroid dienone is 4. The van der Waals surface area contributed by atoms with Crippen LogP contribution in [0.4, 0.5) is 0 Å². The number of rotatable bonds is 1. The van der Waals surface area contributed by atoms with Crippen molar-refractivity contribution in [1.29, 1.82) is 0 Å². The highest BCUT2D eigenvalue weighted by atomic mass is 16.4. The highest BCUT2D eigenvalue weighted by Crippen LogP contribution is 2.16. The zero-order valence-corrected chi connectivity index (χ0v) is 8.48. The van der Waals surface area contributed by atoms with E-state index in [4.69, 9.17) is 5.11 Å². The second-order valence-electron chi connectivity index (χ2n) is 3.71. The molecule has 78 valence electrons. The minimum atomic E-state index is -0.647. The Balaban J connectivity index is 2.48. The summed E-state index contributed by atoms with van der Waals surface area (Å²) in [5.41, 5.74) is 0. The molecule has 1 aliphatic rings. The first-order chi connectivity index (χ1) is 6.80. The van der Waals surface area contributed by atoms with Gasteiger partial charge in [0.1, 0.15) is 0 Å². The molecule has 0 aromatic heterocycles. The molecule has 14 heavy (non-hydrogen) atoms. The van der Waals surface area contributed by atoms with Gasteiger partial charge in [-0.25, -0.2) is 0 Å². The van der Waals surface area contributed by atoms with E-state index < -0.39 is 5.97 Å². The Kier molecular flexibility index (Phi) is 5.05. The van der Waals surface area contributed by atoms with Gasteiger partial charge in [-0.15, -0.1) is 0 Å². The van der Waals surface area contributed by atoms with Crippen molar-refractivity contribution in [2.45, 2.75) is 38.5 Å². The van der Waals surface area contributed by atoms with Gasteiger partial charge in [0.2, 0.25) is 0 Å². The molecule has 2 nitrogen and oxygen atoms in total. The topological polar surface area (TPSA) is 37.3 Å². The maximum Gasteiger partial charge on any atom is 0.306 e. The maximum absolute atomic E-state index is 10.9. The van der Waals surface area contributed by atoms with E-state index in [-0.39, 0.29) is 5.92 Å². The summed E-state index contributed by atoms with van der Waals surface area (Å²) in [6.07, 6.45) is 14.0. The Morgan fingerprint density at radius 1 is 0.929 bits per heavy atom. The number of hydrogen-bond acceptors (Lipinski definition) is 1. The summed E-state index contributed by atoms with van der Waals surface area (Å²) in [5, 5.41) is 8.94.